The minimum Gasteiger partial charge on any atom is -0.360 e. The molecule has 168 valence electrons. The van der Waals surface area contributed by atoms with Crippen LogP contribution in [0.3, 0.4) is 0 Å². The summed E-state index contributed by atoms with van der Waals surface area (Å²) in [5.41, 5.74) is 7.93. The Labute approximate surface area is 189 Å². The van der Waals surface area contributed by atoms with Gasteiger partial charge in [0.05, 0.1) is 16.6 Å². The van der Waals surface area contributed by atoms with Crippen molar-refractivity contribution >= 4 is 35.3 Å². The molecule has 9 nitrogen and oxygen atoms in total. The van der Waals surface area contributed by atoms with E-state index in [1.165, 1.54) is 0 Å². The topological polar surface area (TPSA) is 118 Å². The van der Waals surface area contributed by atoms with Crippen molar-refractivity contribution in [1.82, 2.24) is 20.6 Å². The van der Waals surface area contributed by atoms with Crippen molar-refractivity contribution in [3.63, 3.8) is 0 Å². The molecule has 0 saturated carbocycles. The van der Waals surface area contributed by atoms with Crippen LogP contribution in [-0.2, 0) is 9.59 Å². The Kier molecular flexibility index (Phi) is 7.37. The molecular formula is C22H25N5O4S. The quantitative estimate of drug-likeness (QED) is 0.472. The molecule has 0 saturated heterocycles. The standard InChI is InChI=1S/C22H25N5O4S/c1-13-10-18(15(3)27(13)17-8-6-5-7-9-17)22(30)25-24-20(28)12-32-16(4)21(29)23-19-11-14(2)31-26-19/h5-11,16H,12H2,1-4H3,(H,24,28)(H,25,30)(H,23,26,29). The maximum absolute atomic E-state index is 12.6. The fourth-order valence-electron chi connectivity index (χ4n) is 3.13. The number of nitrogens with zero attached hydrogens (tertiary/aromatic N) is 2. The van der Waals surface area contributed by atoms with Crippen LogP contribution in [0.15, 0.2) is 47.0 Å². The van der Waals surface area contributed by atoms with Crippen LogP contribution in [-0.4, -0.2) is 38.4 Å². The highest BCUT2D eigenvalue weighted by molar-refractivity contribution is 8.01. The molecule has 3 amide bonds. The number of nitrogens with one attached hydrogen (secondary N) is 3. The molecule has 0 aliphatic carbocycles. The first-order valence-corrected chi connectivity index (χ1v) is 11.0. The summed E-state index contributed by atoms with van der Waals surface area (Å²) in [6.45, 7) is 7.16. The molecular weight excluding hydrogens is 430 g/mol. The maximum atomic E-state index is 12.6. The van der Waals surface area contributed by atoms with Crippen molar-refractivity contribution in [2.45, 2.75) is 32.9 Å². The molecule has 1 aromatic carbocycles. The van der Waals surface area contributed by atoms with Crippen LogP contribution in [0.25, 0.3) is 5.69 Å². The number of carbonyl (C=O) groups excluding carboxylic acids is 3. The van der Waals surface area contributed by atoms with E-state index >= 15 is 0 Å². The van der Waals surface area contributed by atoms with Gasteiger partial charge in [-0.05, 0) is 45.9 Å². The van der Waals surface area contributed by atoms with Gasteiger partial charge in [-0.1, -0.05) is 23.4 Å². The van der Waals surface area contributed by atoms with Crippen molar-refractivity contribution in [1.29, 1.82) is 0 Å². The number of benzene rings is 1. The van der Waals surface area contributed by atoms with Crippen LogP contribution in [0.1, 0.15) is 34.4 Å². The molecule has 32 heavy (non-hydrogen) atoms. The average molecular weight is 456 g/mol. The fraction of sp³-hybridized carbons (Fsp3) is 0.273. The Morgan fingerprint density at radius 3 is 2.47 bits per heavy atom. The largest absolute Gasteiger partial charge is 0.360 e. The minimum atomic E-state index is -0.502. The lowest BCUT2D eigenvalue weighted by molar-refractivity contribution is -0.119. The second-order valence-corrected chi connectivity index (χ2v) is 8.55. The molecule has 10 heteroatoms. The number of amides is 3. The Balaban J connectivity index is 1.50. The predicted octanol–water partition coefficient (Wildman–Crippen LogP) is 2.91. The number of hydrogen-bond acceptors (Lipinski definition) is 6. The van der Waals surface area contributed by atoms with Gasteiger partial charge in [-0.15, -0.1) is 11.8 Å². The SMILES string of the molecule is Cc1cc(NC(=O)C(C)SCC(=O)NNC(=O)c2cc(C)n(-c3ccccc3)c2C)no1. The number of carbonyl (C=O) groups is 3. The molecule has 0 radical (unpaired) electrons. The van der Waals surface area contributed by atoms with E-state index in [2.05, 4.69) is 21.3 Å². The molecule has 0 aliphatic heterocycles. The molecule has 3 aromatic rings. The summed E-state index contributed by atoms with van der Waals surface area (Å²) >= 11 is 1.14. The van der Waals surface area contributed by atoms with E-state index in [0.717, 1.165) is 28.8 Å². The van der Waals surface area contributed by atoms with E-state index in [0.29, 0.717) is 17.1 Å². The van der Waals surface area contributed by atoms with Gasteiger partial charge in [-0.3, -0.25) is 25.2 Å². The van der Waals surface area contributed by atoms with Crippen molar-refractivity contribution < 1.29 is 18.9 Å². The van der Waals surface area contributed by atoms with Gasteiger partial charge in [0.25, 0.3) is 5.91 Å². The molecule has 0 spiro atoms. The van der Waals surface area contributed by atoms with E-state index in [9.17, 15) is 14.4 Å². The number of rotatable bonds is 7. The highest BCUT2D eigenvalue weighted by Crippen LogP contribution is 2.20. The summed E-state index contributed by atoms with van der Waals surface area (Å²) in [6.07, 6.45) is 0. The molecule has 1 atom stereocenters. The van der Waals surface area contributed by atoms with Gasteiger partial charge in [0.2, 0.25) is 11.8 Å². The third-order valence-corrected chi connectivity index (χ3v) is 5.86. The van der Waals surface area contributed by atoms with Gasteiger partial charge in [-0.25, -0.2) is 0 Å². The smallest absolute Gasteiger partial charge is 0.271 e. The molecule has 1 unspecified atom stereocenters. The van der Waals surface area contributed by atoms with Gasteiger partial charge in [0, 0.05) is 23.1 Å². The van der Waals surface area contributed by atoms with Crippen LogP contribution < -0.4 is 16.2 Å². The first-order chi connectivity index (χ1) is 15.3. The molecule has 0 aliphatic rings. The summed E-state index contributed by atoms with van der Waals surface area (Å²) in [7, 11) is 0. The number of aromatic nitrogens is 2. The highest BCUT2D eigenvalue weighted by Gasteiger charge is 2.19. The second kappa shape index (κ2) is 10.2. The van der Waals surface area contributed by atoms with Gasteiger partial charge in [-0.2, -0.15) is 0 Å². The molecule has 0 bridgehead atoms. The fourth-order valence-corrected chi connectivity index (χ4v) is 3.81. The summed E-state index contributed by atoms with van der Waals surface area (Å²) in [4.78, 5) is 36.9. The van der Waals surface area contributed by atoms with E-state index in [-0.39, 0.29) is 11.7 Å². The number of anilines is 1. The third-order valence-electron chi connectivity index (χ3n) is 4.72. The average Bonchev–Trinajstić information content (AvgIpc) is 3.32. The minimum absolute atomic E-state index is 0.00422. The van der Waals surface area contributed by atoms with Crippen LogP contribution >= 0.6 is 11.8 Å². The third kappa shape index (κ3) is 5.58. The van der Waals surface area contributed by atoms with Crippen molar-refractivity contribution in [3.8, 4) is 5.69 Å². The molecule has 0 fully saturated rings. The van der Waals surface area contributed by atoms with Crippen LogP contribution in [0.4, 0.5) is 5.82 Å². The van der Waals surface area contributed by atoms with Crippen molar-refractivity contribution in [2.75, 3.05) is 11.1 Å². The summed E-state index contributed by atoms with van der Waals surface area (Å²) in [6, 6.07) is 13.1. The zero-order chi connectivity index (χ0) is 23.3. The lowest BCUT2D eigenvalue weighted by Gasteiger charge is -2.12. The predicted molar refractivity (Wildman–Crippen MR) is 123 cm³/mol. The summed E-state index contributed by atoms with van der Waals surface area (Å²) in [5, 5.41) is 5.82. The van der Waals surface area contributed by atoms with Crippen LogP contribution in [0.5, 0.6) is 0 Å². The first-order valence-electron chi connectivity index (χ1n) is 9.95. The Bertz CT molecular complexity index is 1120. The Morgan fingerprint density at radius 2 is 1.81 bits per heavy atom. The van der Waals surface area contributed by atoms with Crippen LogP contribution in [0.2, 0.25) is 0 Å². The van der Waals surface area contributed by atoms with E-state index in [1.807, 2.05) is 48.7 Å². The van der Waals surface area contributed by atoms with Gasteiger partial charge in [0.15, 0.2) is 5.82 Å². The second-order valence-electron chi connectivity index (χ2n) is 7.22. The zero-order valence-corrected chi connectivity index (χ0v) is 19.1. The monoisotopic (exact) mass is 455 g/mol. The van der Waals surface area contributed by atoms with E-state index in [4.69, 9.17) is 4.52 Å². The normalized spacial score (nSPS) is 11.6. The number of hydrogen-bond donors (Lipinski definition) is 3. The van der Waals surface area contributed by atoms with Gasteiger partial charge >= 0.3 is 0 Å². The van der Waals surface area contributed by atoms with Crippen molar-refractivity contribution in [2.24, 2.45) is 0 Å². The summed E-state index contributed by atoms with van der Waals surface area (Å²) < 4.78 is 6.87. The number of thioether (sulfide) groups is 1. The van der Waals surface area contributed by atoms with E-state index in [1.54, 1.807) is 26.0 Å². The lowest BCUT2D eigenvalue weighted by atomic mass is 10.2. The number of para-hydroxylation sites is 1. The first kappa shape index (κ1) is 23.1. The molecule has 2 heterocycles. The molecule has 3 rings (SSSR count). The van der Waals surface area contributed by atoms with Gasteiger partial charge in [0.1, 0.15) is 5.76 Å². The van der Waals surface area contributed by atoms with Crippen molar-refractivity contribution in [3.05, 3.63) is 65.2 Å². The number of aryl methyl sites for hydroxylation is 2. The Morgan fingerprint density at radius 1 is 1.09 bits per heavy atom. The van der Waals surface area contributed by atoms with Crippen LogP contribution in [0, 0.1) is 20.8 Å². The van der Waals surface area contributed by atoms with E-state index < -0.39 is 17.1 Å². The zero-order valence-electron chi connectivity index (χ0n) is 18.3. The molecule has 2 aromatic heterocycles. The molecule has 3 N–H and O–H groups in total. The lowest BCUT2D eigenvalue weighted by Crippen LogP contribution is -2.43. The van der Waals surface area contributed by atoms with Gasteiger partial charge < -0.3 is 14.4 Å². The maximum Gasteiger partial charge on any atom is 0.271 e. The Hall–Kier alpha value is -3.53. The summed E-state index contributed by atoms with van der Waals surface area (Å²) in [5.74, 6) is -0.225. The highest BCUT2D eigenvalue weighted by atomic mass is 32.2. The number of hydrazine groups is 1.